The second-order valence-electron chi connectivity index (χ2n) is 5.28. The summed E-state index contributed by atoms with van der Waals surface area (Å²) >= 11 is 0. The zero-order valence-electron chi connectivity index (χ0n) is 15.3. The van der Waals surface area contributed by atoms with Crippen LogP contribution in [0.15, 0.2) is 30.3 Å². The van der Waals surface area contributed by atoms with Crippen molar-refractivity contribution in [2.75, 3.05) is 28.4 Å². The van der Waals surface area contributed by atoms with Gasteiger partial charge in [0.05, 0.1) is 28.4 Å². The first-order valence-corrected chi connectivity index (χ1v) is 9.25. The van der Waals surface area contributed by atoms with Gasteiger partial charge in [-0.05, 0) is 29.8 Å². The van der Waals surface area contributed by atoms with Crippen LogP contribution < -0.4 is 23.5 Å². The molecule has 0 heterocycles. The van der Waals surface area contributed by atoms with E-state index < -0.39 is 7.82 Å². The second kappa shape index (κ2) is 8.81. The molecule has 0 aliphatic heterocycles. The molecule has 2 aromatic carbocycles. The molecule has 0 unspecified atom stereocenters. The Hall–Kier alpha value is -2.67. The number of phosphoric acid groups is 1. The topological polar surface area (TPSA) is 104 Å². The van der Waals surface area contributed by atoms with Crippen LogP contribution in [0.3, 0.4) is 0 Å². The quantitative estimate of drug-likeness (QED) is 0.517. The lowest BCUT2D eigenvalue weighted by molar-refractivity contribution is 0.282. The van der Waals surface area contributed by atoms with Gasteiger partial charge in [0, 0.05) is 11.6 Å². The van der Waals surface area contributed by atoms with Crippen molar-refractivity contribution in [3.8, 4) is 28.7 Å². The molecule has 0 bridgehead atoms. The first-order chi connectivity index (χ1) is 12.8. The summed E-state index contributed by atoms with van der Waals surface area (Å²) in [4.78, 5) is 18.2. The number of methoxy groups -OCH3 is 4. The van der Waals surface area contributed by atoms with E-state index in [4.69, 9.17) is 33.3 Å². The maximum atomic E-state index is 11.2. The Morgan fingerprint density at radius 3 is 1.93 bits per heavy atom. The van der Waals surface area contributed by atoms with Gasteiger partial charge in [0.25, 0.3) is 0 Å². The van der Waals surface area contributed by atoms with Crippen LogP contribution in [0.2, 0.25) is 0 Å². The highest BCUT2D eigenvalue weighted by Gasteiger charge is 2.18. The van der Waals surface area contributed by atoms with E-state index in [-0.39, 0.29) is 5.75 Å². The van der Waals surface area contributed by atoms with Crippen molar-refractivity contribution < 1.29 is 37.8 Å². The third kappa shape index (κ3) is 5.40. The predicted octanol–water partition coefficient (Wildman–Crippen LogP) is 3.36. The Labute approximate surface area is 157 Å². The monoisotopic (exact) mass is 396 g/mol. The van der Waals surface area contributed by atoms with E-state index in [9.17, 15) is 4.57 Å². The summed E-state index contributed by atoms with van der Waals surface area (Å²) < 4.78 is 36.9. The van der Waals surface area contributed by atoms with E-state index in [2.05, 4.69) is 0 Å². The molecule has 0 amide bonds. The number of phosphoric ester groups is 1. The molecule has 9 heteroatoms. The minimum absolute atomic E-state index is 0.00799. The van der Waals surface area contributed by atoms with Gasteiger partial charge in [0.15, 0.2) is 11.5 Å². The molecule has 0 saturated carbocycles. The zero-order chi connectivity index (χ0) is 20.0. The fourth-order valence-corrected chi connectivity index (χ4v) is 2.78. The summed E-state index contributed by atoms with van der Waals surface area (Å²) in [6.45, 7) is 0. The average molecular weight is 396 g/mol. The summed E-state index contributed by atoms with van der Waals surface area (Å²) in [5.74, 6) is 1.83. The van der Waals surface area contributed by atoms with E-state index >= 15 is 0 Å². The molecular weight excluding hydrogens is 375 g/mol. The average Bonchev–Trinajstić information content (AvgIpc) is 2.64. The second-order valence-corrected chi connectivity index (χ2v) is 6.44. The van der Waals surface area contributed by atoms with Crippen LogP contribution in [-0.2, 0) is 4.57 Å². The molecular formula is C18H21O8P. The van der Waals surface area contributed by atoms with Crippen molar-refractivity contribution >= 4 is 20.0 Å². The molecule has 0 saturated heterocycles. The van der Waals surface area contributed by atoms with Crippen molar-refractivity contribution in [2.45, 2.75) is 0 Å². The van der Waals surface area contributed by atoms with Crippen LogP contribution in [0.4, 0.5) is 0 Å². The van der Waals surface area contributed by atoms with Gasteiger partial charge < -0.3 is 23.5 Å². The normalized spacial score (nSPS) is 11.3. The van der Waals surface area contributed by atoms with Crippen molar-refractivity contribution in [1.82, 2.24) is 0 Å². The SMILES string of the molecule is COc1ccc(/C=C\c2cc(OC)c(OC)c(OC)c2)c(OP(=O)(O)O)c1. The first-order valence-electron chi connectivity index (χ1n) is 7.72. The van der Waals surface area contributed by atoms with Crippen LogP contribution in [0.5, 0.6) is 28.7 Å². The van der Waals surface area contributed by atoms with Crippen LogP contribution in [0.1, 0.15) is 11.1 Å². The van der Waals surface area contributed by atoms with E-state index in [0.717, 1.165) is 5.56 Å². The summed E-state index contributed by atoms with van der Waals surface area (Å²) in [6.07, 6.45) is 3.37. The molecule has 2 N–H and O–H groups in total. The molecule has 0 spiro atoms. The molecule has 0 atom stereocenters. The highest BCUT2D eigenvalue weighted by atomic mass is 31.2. The third-order valence-corrected chi connectivity index (χ3v) is 4.01. The highest BCUT2D eigenvalue weighted by Crippen LogP contribution is 2.42. The fraction of sp³-hybridized carbons (Fsp3) is 0.222. The predicted molar refractivity (Wildman–Crippen MR) is 101 cm³/mol. The molecule has 0 aliphatic carbocycles. The zero-order valence-corrected chi connectivity index (χ0v) is 16.2. The molecule has 2 rings (SSSR count). The van der Waals surface area contributed by atoms with Gasteiger partial charge in [-0.15, -0.1) is 0 Å². The lowest BCUT2D eigenvalue weighted by Gasteiger charge is -2.13. The summed E-state index contributed by atoms with van der Waals surface area (Å²) in [5.41, 5.74) is 1.18. The fourth-order valence-electron chi connectivity index (χ4n) is 2.37. The van der Waals surface area contributed by atoms with Crippen LogP contribution in [-0.4, -0.2) is 38.2 Å². The molecule has 0 aliphatic rings. The summed E-state index contributed by atoms with van der Waals surface area (Å²) in [7, 11) is 1.26. The minimum Gasteiger partial charge on any atom is -0.497 e. The van der Waals surface area contributed by atoms with Gasteiger partial charge in [0.2, 0.25) is 5.75 Å². The number of ether oxygens (including phenoxy) is 4. The maximum Gasteiger partial charge on any atom is 0.524 e. The lowest BCUT2D eigenvalue weighted by Crippen LogP contribution is -1.95. The van der Waals surface area contributed by atoms with Gasteiger partial charge in [-0.2, -0.15) is 0 Å². The Balaban J connectivity index is 2.44. The highest BCUT2D eigenvalue weighted by molar-refractivity contribution is 7.46. The van der Waals surface area contributed by atoms with E-state index in [0.29, 0.717) is 28.6 Å². The Morgan fingerprint density at radius 1 is 0.815 bits per heavy atom. The first kappa shape index (κ1) is 20.6. The lowest BCUT2D eigenvalue weighted by atomic mass is 10.1. The number of hydrogen-bond acceptors (Lipinski definition) is 6. The van der Waals surface area contributed by atoms with Gasteiger partial charge in [0.1, 0.15) is 11.5 Å². The largest absolute Gasteiger partial charge is 0.524 e. The Bertz CT molecular complexity index is 847. The van der Waals surface area contributed by atoms with Gasteiger partial charge in [-0.25, -0.2) is 4.57 Å². The smallest absolute Gasteiger partial charge is 0.497 e. The van der Waals surface area contributed by atoms with E-state index in [1.54, 1.807) is 36.4 Å². The van der Waals surface area contributed by atoms with Crippen LogP contribution in [0, 0.1) is 0 Å². The van der Waals surface area contributed by atoms with Gasteiger partial charge >= 0.3 is 7.82 Å². The Morgan fingerprint density at radius 2 is 1.44 bits per heavy atom. The molecule has 0 radical (unpaired) electrons. The van der Waals surface area contributed by atoms with Crippen molar-refractivity contribution in [3.63, 3.8) is 0 Å². The number of rotatable bonds is 8. The number of benzene rings is 2. The molecule has 0 fully saturated rings. The molecule has 0 aromatic heterocycles. The summed E-state index contributed by atoms with van der Waals surface area (Å²) in [5, 5.41) is 0. The molecule has 2 aromatic rings. The minimum atomic E-state index is -4.72. The van der Waals surface area contributed by atoms with Crippen molar-refractivity contribution in [1.29, 1.82) is 0 Å². The van der Waals surface area contributed by atoms with Gasteiger partial charge in [-0.3, -0.25) is 9.79 Å². The Kier molecular flexibility index (Phi) is 6.74. The van der Waals surface area contributed by atoms with E-state index in [1.165, 1.54) is 34.5 Å². The van der Waals surface area contributed by atoms with E-state index in [1.807, 2.05) is 0 Å². The number of hydrogen-bond donors (Lipinski definition) is 2. The van der Waals surface area contributed by atoms with Crippen molar-refractivity contribution in [3.05, 3.63) is 41.5 Å². The molecule has 27 heavy (non-hydrogen) atoms. The molecule has 146 valence electrons. The maximum absolute atomic E-state index is 11.2. The van der Waals surface area contributed by atoms with Crippen LogP contribution in [0.25, 0.3) is 12.2 Å². The van der Waals surface area contributed by atoms with Gasteiger partial charge in [-0.1, -0.05) is 12.2 Å². The molecule has 8 nitrogen and oxygen atoms in total. The van der Waals surface area contributed by atoms with Crippen LogP contribution >= 0.6 is 7.82 Å². The summed E-state index contributed by atoms with van der Waals surface area (Å²) in [6, 6.07) is 8.16. The third-order valence-electron chi connectivity index (χ3n) is 3.58. The van der Waals surface area contributed by atoms with Crippen molar-refractivity contribution in [2.24, 2.45) is 0 Å². The standard InChI is InChI=1S/C18H21O8P/c1-22-14-8-7-13(15(11-14)26-27(19,20)21)6-5-12-9-16(23-2)18(25-4)17(10-12)24-3/h5-11H,1-4H3,(H2,19,20,21)/b6-5-.